The number of ether oxygens (including phenoxy) is 1. The van der Waals surface area contributed by atoms with E-state index in [0.29, 0.717) is 13.0 Å². The second-order valence-electron chi connectivity index (χ2n) is 10.9. The van der Waals surface area contributed by atoms with Crippen LogP contribution in [0.25, 0.3) is 0 Å². The minimum absolute atomic E-state index is 0.135. The Balaban J connectivity index is 3.61. The molecule has 0 saturated carbocycles. The van der Waals surface area contributed by atoms with Crippen LogP contribution in [0, 0.1) is 0 Å². The Morgan fingerprint density at radius 2 is 1.06 bits per heavy atom. The van der Waals surface area contributed by atoms with Crippen LogP contribution in [0.2, 0.25) is 0 Å². The molecule has 0 aliphatic heterocycles. The average Bonchev–Trinajstić information content (AvgIpc) is 2.77. The fourth-order valence-electron chi connectivity index (χ4n) is 4.58. The number of aliphatic hydroxyl groups is 1. The molecule has 4 nitrogen and oxygen atoms in total. The van der Waals surface area contributed by atoms with Gasteiger partial charge in [-0.05, 0) is 19.3 Å². The fraction of sp³-hybridized carbons (Fsp3) is 0.966. The maximum atomic E-state index is 12.0. The van der Waals surface area contributed by atoms with Gasteiger partial charge in [-0.25, -0.2) is 0 Å². The number of unbranched alkanes of at least 4 members (excludes halogenated alkanes) is 17. The Hall–Kier alpha value is -0.610. The summed E-state index contributed by atoms with van der Waals surface area (Å²) >= 11 is 0. The van der Waals surface area contributed by atoms with Crippen LogP contribution >= 0.6 is 0 Å². The lowest BCUT2D eigenvalue weighted by atomic mass is 10.1. The zero-order valence-electron chi connectivity index (χ0n) is 23.1. The highest BCUT2D eigenvalue weighted by atomic mass is 16.5. The molecular weight excluding hydrogens is 410 g/mol. The molecule has 198 valence electrons. The van der Waals surface area contributed by atoms with Gasteiger partial charge in [-0.1, -0.05) is 117 Å². The number of esters is 1. The van der Waals surface area contributed by atoms with E-state index in [-0.39, 0.29) is 12.6 Å². The van der Waals surface area contributed by atoms with E-state index >= 15 is 0 Å². The number of carbonyl (C=O) groups is 1. The molecule has 0 spiro atoms. The highest BCUT2D eigenvalue weighted by Crippen LogP contribution is 2.13. The van der Waals surface area contributed by atoms with E-state index < -0.39 is 6.10 Å². The minimum Gasteiger partial charge on any atom is -0.463 e. The molecule has 4 heteroatoms. The van der Waals surface area contributed by atoms with Crippen LogP contribution in [0.5, 0.6) is 0 Å². The second-order valence-corrected chi connectivity index (χ2v) is 10.9. The van der Waals surface area contributed by atoms with E-state index in [1.165, 1.54) is 109 Å². The lowest BCUT2D eigenvalue weighted by Crippen LogP contribution is -2.47. The summed E-state index contributed by atoms with van der Waals surface area (Å²) in [6.45, 7) is 6.36. The topological polar surface area (TPSA) is 46.5 Å². The molecule has 0 aliphatic carbocycles. The lowest BCUT2D eigenvalue weighted by molar-refractivity contribution is -0.893. The Labute approximate surface area is 207 Å². The number of rotatable bonds is 25. The first-order valence-corrected chi connectivity index (χ1v) is 14.6. The first-order chi connectivity index (χ1) is 15.9. The van der Waals surface area contributed by atoms with Crippen molar-refractivity contribution in [2.75, 3.05) is 33.8 Å². The molecule has 1 atom stereocenters. The highest BCUT2D eigenvalue weighted by molar-refractivity contribution is 5.69. The van der Waals surface area contributed by atoms with Crippen LogP contribution in [0.1, 0.15) is 142 Å². The molecule has 1 N–H and O–H groups in total. The van der Waals surface area contributed by atoms with Gasteiger partial charge in [0.25, 0.3) is 0 Å². The minimum atomic E-state index is -0.574. The zero-order valence-corrected chi connectivity index (χ0v) is 23.1. The van der Waals surface area contributed by atoms with E-state index in [0.717, 1.165) is 23.9 Å². The van der Waals surface area contributed by atoms with E-state index in [2.05, 4.69) is 27.9 Å². The maximum Gasteiger partial charge on any atom is 0.305 e. The third-order valence-electron chi connectivity index (χ3n) is 6.74. The molecule has 0 aromatic heterocycles. The van der Waals surface area contributed by atoms with Crippen molar-refractivity contribution < 1.29 is 19.1 Å². The molecule has 0 radical (unpaired) electrons. The maximum absolute atomic E-state index is 12.0. The van der Waals surface area contributed by atoms with E-state index in [1.807, 2.05) is 0 Å². The summed E-state index contributed by atoms with van der Waals surface area (Å²) in [7, 11) is 4.34. The van der Waals surface area contributed by atoms with E-state index in [9.17, 15) is 9.90 Å². The van der Waals surface area contributed by atoms with Gasteiger partial charge < -0.3 is 14.3 Å². The number of carbonyl (C=O) groups excluding carboxylic acids is 1. The summed E-state index contributed by atoms with van der Waals surface area (Å²) in [5.74, 6) is -0.156. The van der Waals surface area contributed by atoms with Crippen LogP contribution in [0.15, 0.2) is 0 Å². The van der Waals surface area contributed by atoms with Gasteiger partial charge in [0, 0.05) is 6.42 Å². The molecule has 33 heavy (non-hydrogen) atoms. The molecular formula is C29H60NO3+. The van der Waals surface area contributed by atoms with Gasteiger partial charge in [0.2, 0.25) is 0 Å². The summed E-state index contributed by atoms with van der Waals surface area (Å²) < 4.78 is 6.11. The van der Waals surface area contributed by atoms with Crippen molar-refractivity contribution in [1.29, 1.82) is 0 Å². The van der Waals surface area contributed by atoms with Crippen LogP contribution in [0.3, 0.4) is 0 Å². The monoisotopic (exact) mass is 470 g/mol. The number of quaternary nitrogens is 1. The molecule has 0 rings (SSSR count). The van der Waals surface area contributed by atoms with Gasteiger partial charge in [0.15, 0.2) is 0 Å². The van der Waals surface area contributed by atoms with Crippen molar-refractivity contribution in [3.05, 3.63) is 0 Å². The molecule has 0 fully saturated rings. The van der Waals surface area contributed by atoms with Crippen molar-refractivity contribution >= 4 is 5.97 Å². The molecule has 1 unspecified atom stereocenters. The lowest BCUT2D eigenvalue weighted by Gasteiger charge is -2.31. The normalized spacial score (nSPS) is 12.8. The van der Waals surface area contributed by atoms with Crippen LogP contribution < -0.4 is 0 Å². The molecule has 0 aromatic carbocycles. The van der Waals surface area contributed by atoms with Gasteiger partial charge in [0.05, 0.1) is 20.6 Å². The number of hydrogen-bond acceptors (Lipinski definition) is 3. The van der Waals surface area contributed by atoms with Crippen molar-refractivity contribution in [3.8, 4) is 0 Å². The Morgan fingerprint density at radius 1 is 0.667 bits per heavy atom. The van der Waals surface area contributed by atoms with E-state index in [1.54, 1.807) is 0 Å². The third kappa shape index (κ3) is 24.3. The number of likely N-dealkylation sites (N-methyl/N-ethyl adjacent to an activating group) is 1. The van der Waals surface area contributed by atoms with Gasteiger partial charge in [-0.2, -0.15) is 0 Å². The Morgan fingerprint density at radius 3 is 1.52 bits per heavy atom. The van der Waals surface area contributed by atoms with Crippen LogP contribution in [-0.2, 0) is 9.53 Å². The summed E-state index contributed by atoms with van der Waals surface area (Å²) in [6, 6.07) is 0. The van der Waals surface area contributed by atoms with Crippen molar-refractivity contribution in [1.82, 2.24) is 0 Å². The molecule has 0 amide bonds. The predicted molar refractivity (Wildman–Crippen MR) is 142 cm³/mol. The molecule has 0 saturated heterocycles. The van der Waals surface area contributed by atoms with Crippen molar-refractivity contribution in [2.24, 2.45) is 0 Å². The summed E-state index contributed by atoms with van der Waals surface area (Å²) in [5, 5.41) is 10.3. The van der Waals surface area contributed by atoms with Crippen molar-refractivity contribution in [3.63, 3.8) is 0 Å². The number of nitrogens with zero attached hydrogens (tertiary/aromatic N) is 1. The van der Waals surface area contributed by atoms with Gasteiger partial charge in [0.1, 0.15) is 19.3 Å². The second kappa shape index (κ2) is 23.1. The standard InChI is InChI=1S/C29H60NO3/c1-5-7-9-11-13-15-17-19-21-23-25-30(3,4)26-28(31)27-33-29(32)24-22-20-18-16-14-12-10-8-6-2/h28,31H,5-27H2,1-4H3/q+1. The zero-order chi connectivity index (χ0) is 24.6. The summed E-state index contributed by atoms with van der Waals surface area (Å²) in [4.78, 5) is 12.0. The predicted octanol–water partition coefficient (Wildman–Crippen LogP) is 7.81. The molecule has 0 bridgehead atoms. The largest absolute Gasteiger partial charge is 0.463 e. The first-order valence-electron chi connectivity index (χ1n) is 14.6. The van der Waals surface area contributed by atoms with Gasteiger partial charge in [-0.15, -0.1) is 0 Å². The Bertz CT molecular complexity index is 425. The summed E-state index contributed by atoms with van der Waals surface area (Å²) in [6.07, 6.45) is 24.6. The quantitative estimate of drug-likeness (QED) is 0.0840. The Kier molecular flexibility index (Phi) is 22.7. The van der Waals surface area contributed by atoms with Crippen LogP contribution in [0.4, 0.5) is 0 Å². The fourth-order valence-corrected chi connectivity index (χ4v) is 4.58. The van der Waals surface area contributed by atoms with Crippen LogP contribution in [-0.4, -0.2) is 55.5 Å². The van der Waals surface area contributed by atoms with E-state index in [4.69, 9.17) is 4.74 Å². The first kappa shape index (κ1) is 32.4. The van der Waals surface area contributed by atoms with Gasteiger partial charge >= 0.3 is 5.97 Å². The third-order valence-corrected chi connectivity index (χ3v) is 6.74. The smallest absolute Gasteiger partial charge is 0.305 e. The summed E-state index contributed by atoms with van der Waals surface area (Å²) in [5.41, 5.74) is 0. The number of aliphatic hydroxyl groups excluding tert-OH is 1. The average molecular weight is 471 g/mol. The molecule has 0 aromatic rings. The van der Waals surface area contributed by atoms with Crippen molar-refractivity contribution in [2.45, 2.75) is 148 Å². The molecule has 0 aliphatic rings. The number of hydrogen-bond donors (Lipinski definition) is 1. The highest BCUT2D eigenvalue weighted by Gasteiger charge is 2.21. The molecule has 0 heterocycles. The SMILES string of the molecule is CCCCCCCCCCCC[N+](C)(C)CC(O)COC(=O)CCCCCCCCCCC. The van der Waals surface area contributed by atoms with Gasteiger partial charge in [-0.3, -0.25) is 4.79 Å².